The first-order valence-corrected chi connectivity index (χ1v) is 7.84. The van der Waals surface area contributed by atoms with Crippen molar-refractivity contribution in [2.45, 2.75) is 44.7 Å². The number of nitrogens with zero attached hydrogens (tertiary/aromatic N) is 1. The van der Waals surface area contributed by atoms with Crippen LogP contribution in [0.1, 0.15) is 44.2 Å². The van der Waals surface area contributed by atoms with Gasteiger partial charge in [0.2, 0.25) is 0 Å². The lowest BCUT2D eigenvalue weighted by atomic mass is 9.86. The molecule has 1 atom stereocenters. The van der Waals surface area contributed by atoms with Crippen LogP contribution in [0.4, 0.5) is 8.78 Å². The van der Waals surface area contributed by atoms with Gasteiger partial charge in [0, 0.05) is 24.2 Å². The van der Waals surface area contributed by atoms with Crippen molar-refractivity contribution in [2.75, 3.05) is 20.6 Å². The summed E-state index contributed by atoms with van der Waals surface area (Å²) in [7, 11) is 3.88. The van der Waals surface area contributed by atoms with E-state index in [0.717, 1.165) is 12.0 Å². The molecule has 0 amide bonds. The first kappa shape index (κ1) is 16.4. The van der Waals surface area contributed by atoms with Crippen LogP contribution in [0.5, 0.6) is 0 Å². The SMILES string of the molecule is CNC(CN(C)C1CCC(C)CC1)c1cccc(F)c1F. The molecule has 1 aliphatic rings. The summed E-state index contributed by atoms with van der Waals surface area (Å²) >= 11 is 0. The summed E-state index contributed by atoms with van der Waals surface area (Å²) in [5.41, 5.74) is 0.411. The first-order chi connectivity index (χ1) is 10.0. The van der Waals surface area contributed by atoms with Gasteiger partial charge in [0.1, 0.15) is 0 Å². The van der Waals surface area contributed by atoms with Crippen molar-refractivity contribution in [3.8, 4) is 0 Å². The Balaban J connectivity index is 2.03. The van der Waals surface area contributed by atoms with Gasteiger partial charge in [0.15, 0.2) is 11.6 Å². The second-order valence-electron chi connectivity index (χ2n) is 6.34. The Morgan fingerprint density at radius 1 is 1.24 bits per heavy atom. The fourth-order valence-electron chi connectivity index (χ4n) is 3.26. The molecule has 1 aromatic rings. The van der Waals surface area contributed by atoms with Gasteiger partial charge in [-0.3, -0.25) is 0 Å². The summed E-state index contributed by atoms with van der Waals surface area (Å²) in [6.45, 7) is 2.99. The highest BCUT2D eigenvalue weighted by Gasteiger charge is 2.25. The summed E-state index contributed by atoms with van der Waals surface area (Å²) in [5.74, 6) is -0.695. The highest BCUT2D eigenvalue weighted by Crippen LogP contribution is 2.28. The van der Waals surface area contributed by atoms with Gasteiger partial charge in [-0.15, -0.1) is 0 Å². The van der Waals surface area contributed by atoms with Gasteiger partial charge in [0.05, 0.1) is 0 Å². The van der Waals surface area contributed by atoms with Gasteiger partial charge in [0.25, 0.3) is 0 Å². The zero-order valence-corrected chi connectivity index (χ0v) is 13.2. The molecule has 1 saturated carbocycles. The minimum absolute atomic E-state index is 0.190. The van der Waals surface area contributed by atoms with E-state index in [-0.39, 0.29) is 6.04 Å². The van der Waals surface area contributed by atoms with E-state index in [0.29, 0.717) is 18.2 Å². The predicted octanol–water partition coefficient (Wildman–Crippen LogP) is 3.74. The van der Waals surface area contributed by atoms with Crippen LogP contribution in [-0.4, -0.2) is 31.6 Å². The van der Waals surface area contributed by atoms with Crippen LogP contribution < -0.4 is 5.32 Å². The maximum absolute atomic E-state index is 13.9. The fraction of sp³-hybridized carbons (Fsp3) is 0.647. The maximum atomic E-state index is 13.9. The predicted molar refractivity (Wildman–Crippen MR) is 82.2 cm³/mol. The van der Waals surface area contributed by atoms with Gasteiger partial charge in [-0.25, -0.2) is 8.78 Å². The van der Waals surface area contributed by atoms with Gasteiger partial charge in [-0.1, -0.05) is 19.1 Å². The quantitative estimate of drug-likeness (QED) is 0.890. The van der Waals surface area contributed by atoms with Gasteiger partial charge in [-0.2, -0.15) is 0 Å². The van der Waals surface area contributed by atoms with Crippen LogP contribution in [0, 0.1) is 17.6 Å². The summed E-state index contributed by atoms with van der Waals surface area (Å²) in [6.07, 6.45) is 4.90. The molecule has 0 saturated heterocycles. The molecule has 1 unspecified atom stereocenters. The maximum Gasteiger partial charge on any atom is 0.163 e. The topological polar surface area (TPSA) is 15.3 Å². The second-order valence-corrected chi connectivity index (χ2v) is 6.34. The summed E-state index contributed by atoms with van der Waals surface area (Å²) in [6, 6.07) is 4.76. The van der Waals surface area contributed by atoms with Crippen LogP contribution in [-0.2, 0) is 0 Å². The van der Waals surface area contributed by atoms with Crippen molar-refractivity contribution >= 4 is 0 Å². The Bertz CT molecular complexity index is 456. The smallest absolute Gasteiger partial charge is 0.163 e. The van der Waals surface area contributed by atoms with Crippen molar-refractivity contribution in [3.05, 3.63) is 35.4 Å². The molecule has 0 heterocycles. The lowest BCUT2D eigenvalue weighted by Gasteiger charge is -2.35. The Labute approximate surface area is 126 Å². The lowest BCUT2D eigenvalue weighted by Crippen LogP contribution is -2.40. The molecule has 2 rings (SSSR count). The summed E-state index contributed by atoms with van der Waals surface area (Å²) in [4.78, 5) is 2.29. The number of benzene rings is 1. The van der Waals surface area contributed by atoms with Crippen molar-refractivity contribution in [2.24, 2.45) is 5.92 Å². The molecule has 0 spiro atoms. The van der Waals surface area contributed by atoms with Crippen LogP contribution in [0.3, 0.4) is 0 Å². The molecule has 2 nitrogen and oxygen atoms in total. The van der Waals surface area contributed by atoms with E-state index >= 15 is 0 Å². The number of nitrogens with one attached hydrogen (secondary N) is 1. The Morgan fingerprint density at radius 2 is 1.90 bits per heavy atom. The third kappa shape index (κ3) is 4.01. The zero-order valence-electron chi connectivity index (χ0n) is 13.2. The Hall–Kier alpha value is -1.00. The Kier molecular flexibility index (Phi) is 5.71. The first-order valence-electron chi connectivity index (χ1n) is 7.84. The van der Waals surface area contributed by atoms with Gasteiger partial charge >= 0.3 is 0 Å². The average Bonchev–Trinajstić information content (AvgIpc) is 2.48. The number of hydrogen-bond acceptors (Lipinski definition) is 2. The summed E-state index contributed by atoms with van der Waals surface area (Å²) in [5, 5.41) is 3.12. The minimum atomic E-state index is -0.776. The molecule has 118 valence electrons. The molecule has 1 aliphatic carbocycles. The number of hydrogen-bond donors (Lipinski definition) is 1. The van der Waals surface area contributed by atoms with E-state index < -0.39 is 11.6 Å². The molecule has 21 heavy (non-hydrogen) atoms. The van der Waals surface area contributed by atoms with Gasteiger partial charge in [-0.05, 0) is 51.8 Å². The molecule has 0 aromatic heterocycles. The van der Waals surface area contributed by atoms with Crippen LogP contribution in [0.2, 0.25) is 0 Å². The molecular weight excluding hydrogens is 270 g/mol. The standard InChI is InChI=1S/C17H26F2N2/c1-12-7-9-13(10-8-12)21(3)11-16(20-2)14-5-4-6-15(18)17(14)19/h4-6,12-13,16,20H,7-11H2,1-3H3. The molecule has 1 N–H and O–H groups in total. The molecule has 0 bridgehead atoms. The van der Waals surface area contributed by atoms with E-state index in [4.69, 9.17) is 0 Å². The monoisotopic (exact) mass is 296 g/mol. The van der Waals surface area contributed by atoms with E-state index in [1.165, 1.54) is 25.7 Å². The van der Waals surface area contributed by atoms with Crippen molar-refractivity contribution in [3.63, 3.8) is 0 Å². The minimum Gasteiger partial charge on any atom is -0.312 e. The normalized spacial score (nSPS) is 24.3. The lowest BCUT2D eigenvalue weighted by molar-refractivity contribution is 0.157. The number of likely N-dealkylation sites (N-methyl/N-ethyl adjacent to an activating group) is 2. The largest absolute Gasteiger partial charge is 0.312 e. The van der Waals surface area contributed by atoms with Crippen molar-refractivity contribution in [1.29, 1.82) is 0 Å². The molecule has 4 heteroatoms. The molecule has 0 radical (unpaired) electrons. The van der Waals surface area contributed by atoms with E-state index in [1.54, 1.807) is 19.2 Å². The fourth-order valence-corrected chi connectivity index (χ4v) is 3.26. The highest BCUT2D eigenvalue weighted by atomic mass is 19.2. The van der Waals surface area contributed by atoms with Crippen LogP contribution >= 0.6 is 0 Å². The highest BCUT2D eigenvalue weighted by molar-refractivity contribution is 5.23. The molecule has 1 aromatic carbocycles. The van der Waals surface area contributed by atoms with Crippen molar-refractivity contribution in [1.82, 2.24) is 10.2 Å². The zero-order chi connectivity index (χ0) is 15.4. The Morgan fingerprint density at radius 3 is 2.52 bits per heavy atom. The van der Waals surface area contributed by atoms with Gasteiger partial charge < -0.3 is 10.2 Å². The average molecular weight is 296 g/mol. The van der Waals surface area contributed by atoms with E-state index in [1.807, 2.05) is 0 Å². The third-order valence-corrected chi connectivity index (χ3v) is 4.78. The molecule has 1 fully saturated rings. The molecular formula is C17H26F2N2. The van der Waals surface area contributed by atoms with Crippen LogP contribution in [0.25, 0.3) is 0 Å². The van der Waals surface area contributed by atoms with Crippen LogP contribution in [0.15, 0.2) is 18.2 Å². The number of rotatable bonds is 5. The second kappa shape index (κ2) is 7.32. The number of halogens is 2. The van der Waals surface area contributed by atoms with E-state index in [9.17, 15) is 8.78 Å². The van der Waals surface area contributed by atoms with Crippen molar-refractivity contribution < 1.29 is 8.78 Å². The third-order valence-electron chi connectivity index (χ3n) is 4.78. The molecule has 0 aliphatic heterocycles. The summed E-state index contributed by atoms with van der Waals surface area (Å²) < 4.78 is 27.3. The van der Waals surface area contributed by atoms with E-state index in [2.05, 4.69) is 24.2 Å².